The van der Waals surface area contributed by atoms with E-state index in [0.717, 1.165) is 16.8 Å². The molecule has 0 aliphatic carbocycles. The highest BCUT2D eigenvalue weighted by molar-refractivity contribution is 9.11. The van der Waals surface area contributed by atoms with E-state index in [2.05, 4.69) is 37.2 Å². The summed E-state index contributed by atoms with van der Waals surface area (Å²) in [6.45, 7) is 1.55. The van der Waals surface area contributed by atoms with Crippen molar-refractivity contribution in [3.05, 3.63) is 56.5 Å². The molecule has 0 bridgehead atoms. The second-order valence-corrected chi connectivity index (χ2v) is 10.5. The number of rotatable bonds is 6. The lowest BCUT2D eigenvalue weighted by Gasteiger charge is -2.40. The van der Waals surface area contributed by atoms with Gasteiger partial charge in [0, 0.05) is 46.7 Å². The molecule has 34 heavy (non-hydrogen) atoms. The summed E-state index contributed by atoms with van der Waals surface area (Å²) in [5, 5.41) is 12.7. The molecule has 8 nitrogen and oxygen atoms in total. The Bertz CT molecular complexity index is 1090. The minimum absolute atomic E-state index is 0.0390. The number of likely N-dealkylation sites (tertiary alicyclic amines) is 1. The number of piperidine rings is 1. The van der Waals surface area contributed by atoms with E-state index < -0.39 is 11.9 Å². The Morgan fingerprint density at radius 2 is 1.79 bits per heavy atom. The standard InChI is InChI=1S/C24H26Br2N4O4/c25-18-10-14(11-19(26)22(18)27)9-16(23(32)33)12-21(31)29-7-5-17(6-8-29)30-13-15-3-1-2-4-20(15)28-24(30)34/h1-4,10-11,16-17H,5-9,12-13,27H2,(H,28,34)(H,32,33)/t16-/m1/s1. The second-order valence-electron chi connectivity index (χ2n) is 8.74. The second kappa shape index (κ2) is 10.4. The summed E-state index contributed by atoms with van der Waals surface area (Å²) < 4.78 is 1.36. The number of amides is 3. The number of aliphatic carboxylic acids is 1. The monoisotopic (exact) mass is 592 g/mol. The number of para-hydroxylation sites is 1. The predicted molar refractivity (Wildman–Crippen MR) is 136 cm³/mol. The molecule has 0 aromatic heterocycles. The first-order valence-electron chi connectivity index (χ1n) is 11.1. The summed E-state index contributed by atoms with van der Waals surface area (Å²) >= 11 is 6.76. The van der Waals surface area contributed by atoms with Crippen LogP contribution in [0, 0.1) is 5.92 Å². The van der Waals surface area contributed by atoms with Gasteiger partial charge in [0.25, 0.3) is 0 Å². The minimum Gasteiger partial charge on any atom is -0.481 e. The summed E-state index contributed by atoms with van der Waals surface area (Å²) in [4.78, 5) is 41.0. The van der Waals surface area contributed by atoms with Crippen LogP contribution < -0.4 is 11.1 Å². The van der Waals surface area contributed by atoms with E-state index >= 15 is 0 Å². The van der Waals surface area contributed by atoms with Crippen molar-refractivity contribution in [3.8, 4) is 0 Å². The third kappa shape index (κ3) is 5.38. The average molecular weight is 594 g/mol. The number of nitrogens with zero attached hydrogens (tertiary/aromatic N) is 2. The van der Waals surface area contributed by atoms with Gasteiger partial charge >= 0.3 is 12.0 Å². The number of nitrogens with two attached hydrogens (primary N) is 1. The highest BCUT2D eigenvalue weighted by Gasteiger charge is 2.33. The summed E-state index contributed by atoms with van der Waals surface area (Å²) in [5.41, 5.74) is 9.16. The number of carboxylic acids is 1. The van der Waals surface area contributed by atoms with Crippen LogP contribution in [0.5, 0.6) is 0 Å². The first-order chi connectivity index (χ1) is 16.2. The van der Waals surface area contributed by atoms with Gasteiger partial charge in [0.2, 0.25) is 5.91 Å². The van der Waals surface area contributed by atoms with E-state index in [9.17, 15) is 19.5 Å². The molecule has 0 spiro atoms. The number of carboxylic acid groups (broad SMARTS) is 1. The van der Waals surface area contributed by atoms with Crippen LogP contribution in [0.15, 0.2) is 45.3 Å². The van der Waals surface area contributed by atoms with Gasteiger partial charge in [0.05, 0.1) is 11.6 Å². The molecule has 2 aromatic rings. The normalized spacial score (nSPS) is 17.2. The van der Waals surface area contributed by atoms with Crippen molar-refractivity contribution >= 4 is 61.1 Å². The molecule has 0 radical (unpaired) electrons. The van der Waals surface area contributed by atoms with E-state index in [0.29, 0.717) is 47.1 Å². The van der Waals surface area contributed by atoms with Gasteiger partial charge in [-0.3, -0.25) is 9.59 Å². The van der Waals surface area contributed by atoms with Gasteiger partial charge in [-0.1, -0.05) is 18.2 Å². The van der Waals surface area contributed by atoms with Crippen molar-refractivity contribution in [2.24, 2.45) is 5.92 Å². The van der Waals surface area contributed by atoms with Gasteiger partial charge in [-0.2, -0.15) is 0 Å². The number of benzene rings is 2. The van der Waals surface area contributed by atoms with Crippen LogP contribution in [0.1, 0.15) is 30.4 Å². The maximum atomic E-state index is 12.9. The molecule has 2 aliphatic rings. The number of hydrogen-bond donors (Lipinski definition) is 3. The average Bonchev–Trinajstić information content (AvgIpc) is 2.81. The van der Waals surface area contributed by atoms with Gasteiger partial charge in [-0.25, -0.2) is 4.79 Å². The SMILES string of the molecule is Nc1c(Br)cc(C[C@H](CC(=O)N2CCC(N3Cc4ccccc4NC3=O)CC2)C(=O)O)cc1Br. The van der Waals surface area contributed by atoms with Crippen LogP contribution in [0.4, 0.5) is 16.2 Å². The molecular formula is C24H26Br2N4O4. The van der Waals surface area contributed by atoms with Crippen LogP contribution in [-0.4, -0.2) is 51.9 Å². The third-order valence-corrected chi connectivity index (χ3v) is 7.82. The maximum absolute atomic E-state index is 12.9. The summed E-state index contributed by atoms with van der Waals surface area (Å²) in [7, 11) is 0. The Balaban J connectivity index is 1.34. The maximum Gasteiger partial charge on any atom is 0.322 e. The van der Waals surface area contributed by atoms with Crippen LogP contribution in [0.3, 0.4) is 0 Å². The number of fused-ring (bicyclic) bond motifs is 1. The van der Waals surface area contributed by atoms with E-state index in [4.69, 9.17) is 5.73 Å². The summed E-state index contributed by atoms with van der Waals surface area (Å²) in [6, 6.07) is 11.2. The van der Waals surface area contributed by atoms with E-state index in [1.165, 1.54) is 0 Å². The van der Waals surface area contributed by atoms with Gasteiger partial charge in [-0.05, 0) is 80.4 Å². The molecule has 2 heterocycles. The van der Waals surface area contributed by atoms with Crippen molar-refractivity contribution in [2.45, 2.75) is 38.3 Å². The minimum atomic E-state index is -1.00. The lowest BCUT2D eigenvalue weighted by atomic mass is 9.94. The Kier molecular flexibility index (Phi) is 7.47. The van der Waals surface area contributed by atoms with Crippen molar-refractivity contribution in [1.82, 2.24) is 9.80 Å². The molecule has 10 heteroatoms. The predicted octanol–water partition coefficient (Wildman–Crippen LogP) is 4.47. The molecule has 0 unspecified atom stereocenters. The van der Waals surface area contributed by atoms with Gasteiger partial charge < -0.3 is 26.0 Å². The number of anilines is 2. The summed E-state index contributed by atoms with van der Waals surface area (Å²) in [5.74, 6) is -2.01. The molecule has 1 atom stereocenters. The molecule has 180 valence electrons. The van der Waals surface area contributed by atoms with Gasteiger partial charge in [0.15, 0.2) is 0 Å². The largest absolute Gasteiger partial charge is 0.481 e. The topological polar surface area (TPSA) is 116 Å². The molecular weight excluding hydrogens is 568 g/mol. The fraction of sp³-hybridized carbons (Fsp3) is 0.375. The molecule has 1 saturated heterocycles. The van der Waals surface area contributed by atoms with Crippen molar-refractivity contribution in [2.75, 3.05) is 24.1 Å². The molecule has 4 N–H and O–H groups in total. The lowest BCUT2D eigenvalue weighted by Crippen LogP contribution is -2.51. The molecule has 4 rings (SSSR count). The molecule has 1 fully saturated rings. The number of nitrogen functional groups attached to an aromatic ring is 1. The fourth-order valence-electron chi connectivity index (χ4n) is 4.57. The number of carbonyl (C=O) groups is 3. The highest BCUT2D eigenvalue weighted by atomic mass is 79.9. The van der Waals surface area contributed by atoms with Gasteiger partial charge in [-0.15, -0.1) is 0 Å². The molecule has 0 saturated carbocycles. The van der Waals surface area contributed by atoms with E-state index in [1.807, 2.05) is 29.2 Å². The Labute approximate surface area is 214 Å². The number of nitrogens with one attached hydrogen (secondary N) is 1. The smallest absolute Gasteiger partial charge is 0.322 e. The number of hydrogen-bond acceptors (Lipinski definition) is 4. The van der Waals surface area contributed by atoms with Crippen molar-refractivity contribution in [1.29, 1.82) is 0 Å². The van der Waals surface area contributed by atoms with Crippen molar-refractivity contribution in [3.63, 3.8) is 0 Å². The Morgan fingerprint density at radius 3 is 2.44 bits per heavy atom. The van der Waals surface area contributed by atoms with Crippen LogP contribution in [0.2, 0.25) is 0 Å². The summed E-state index contributed by atoms with van der Waals surface area (Å²) in [6.07, 6.45) is 1.48. The first kappa shape index (κ1) is 24.5. The zero-order valence-electron chi connectivity index (χ0n) is 18.5. The quantitative estimate of drug-likeness (QED) is 0.428. The molecule has 2 aromatic carbocycles. The van der Waals surface area contributed by atoms with Crippen LogP contribution in [0.25, 0.3) is 0 Å². The number of carbonyl (C=O) groups excluding carboxylic acids is 2. The van der Waals surface area contributed by atoms with Gasteiger partial charge in [0.1, 0.15) is 0 Å². The fourth-order valence-corrected chi connectivity index (χ4v) is 5.85. The number of halogens is 2. The van der Waals surface area contributed by atoms with Crippen LogP contribution in [-0.2, 0) is 22.6 Å². The first-order valence-corrected chi connectivity index (χ1v) is 12.7. The van der Waals surface area contributed by atoms with E-state index in [-0.39, 0.29) is 30.8 Å². The highest BCUT2D eigenvalue weighted by Crippen LogP contribution is 2.31. The molecule has 2 aliphatic heterocycles. The lowest BCUT2D eigenvalue weighted by molar-refractivity contribution is -0.146. The third-order valence-electron chi connectivity index (χ3n) is 6.51. The molecule has 3 amide bonds. The van der Waals surface area contributed by atoms with Crippen molar-refractivity contribution < 1.29 is 19.5 Å². The Hall–Kier alpha value is -2.59. The van der Waals surface area contributed by atoms with E-state index in [1.54, 1.807) is 17.0 Å². The zero-order valence-corrected chi connectivity index (χ0v) is 21.6. The number of urea groups is 1. The van der Waals surface area contributed by atoms with Crippen LogP contribution >= 0.6 is 31.9 Å². The zero-order chi connectivity index (χ0) is 24.4. The Morgan fingerprint density at radius 1 is 1.15 bits per heavy atom.